The molecule has 13 heavy (non-hydrogen) atoms. The highest BCUT2D eigenvalue weighted by molar-refractivity contribution is 5.73. The first kappa shape index (κ1) is 11.9. The van der Waals surface area contributed by atoms with Crippen LogP contribution < -0.4 is 5.32 Å². The van der Waals surface area contributed by atoms with Gasteiger partial charge in [0, 0.05) is 6.04 Å². The first-order valence-electron chi connectivity index (χ1n) is 4.18. The van der Waals surface area contributed by atoms with Crippen LogP contribution in [-0.2, 0) is 9.59 Å². The van der Waals surface area contributed by atoms with Crippen LogP contribution >= 0.6 is 0 Å². The molecule has 0 aliphatic rings. The average molecular weight is 189 g/mol. The molecule has 0 rings (SSSR count). The Kier molecular flexibility index (Phi) is 5.06. The van der Waals surface area contributed by atoms with Crippen molar-refractivity contribution in [3.8, 4) is 0 Å². The number of rotatable bonds is 6. The second-order valence-corrected chi connectivity index (χ2v) is 2.96. The van der Waals surface area contributed by atoms with E-state index in [1.54, 1.807) is 13.8 Å². The molecule has 5 nitrogen and oxygen atoms in total. The molecule has 3 N–H and O–H groups in total. The highest BCUT2D eigenvalue weighted by atomic mass is 16.4. The van der Waals surface area contributed by atoms with Gasteiger partial charge < -0.3 is 15.5 Å². The van der Waals surface area contributed by atoms with Gasteiger partial charge in [0.15, 0.2) is 0 Å². The Morgan fingerprint density at radius 2 is 1.92 bits per heavy atom. The van der Waals surface area contributed by atoms with Crippen LogP contribution in [0.2, 0.25) is 0 Å². The molecule has 0 aromatic rings. The standard InChI is InChI=1S/C8H15NO4/c1-3-6(8(12)13)9-5(2)4-7(10)11/h5-6,9H,3-4H2,1-2H3,(H,10,11)(H,12,13). The molecule has 2 unspecified atom stereocenters. The molecule has 0 saturated carbocycles. The summed E-state index contributed by atoms with van der Waals surface area (Å²) in [5.41, 5.74) is 0. The zero-order valence-corrected chi connectivity index (χ0v) is 7.78. The maximum Gasteiger partial charge on any atom is 0.320 e. The molecule has 0 aromatic heterocycles. The molecule has 76 valence electrons. The van der Waals surface area contributed by atoms with Gasteiger partial charge in [-0.15, -0.1) is 0 Å². The van der Waals surface area contributed by atoms with Gasteiger partial charge in [0.25, 0.3) is 0 Å². The van der Waals surface area contributed by atoms with Crippen molar-refractivity contribution in [1.82, 2.24) is 5.32 Å². The second-order valence-electron chi connectivity index (χ2n) is 2.96. The number of aliphatic carboxylic acids is 2. The lowest BCUT2D eigenvalue weighted by Crippen LogP contribution is -2.42. The van der Waals surface area contributed by atoms with E-state index in [2.05, 4.69) is 5.32 Å². The Balaban J connectivity index is 3.93. The van der Waals surface area contributed by atoms with Gasteiger partial charge in [0.1, 0.15) is 6.04 Å². The third-order valence-electron chi connectivity index (χ3n) is 1.67. The van der Waals surface area contributed by atoms with Crippen LogP contribution in [-0.4, -0.2) is 34.2 Å². The van der Waals surface area contributed by atoms with Crippen LogP contribution in [0, 0.1) is 0 Å². The molecule has 2 atom stereocenters. The molecule has 0 heterocycles. The maximum absolute atomic E-state index is 10.5. The normalized spacial score (nSPS) is 14.9. The summed E-state index contributed by atoms with van der Waals surface area (Å²) in [5.74, 6) is -1.88. The Labute approximate surface area is 76.8 Å². The van der Waals surface area contributed by atoms with Gasteiger partial charge in [-0.2, -0.15) is 0 Å². The minimum absolute atomic E-state index is 0.0657. The van der Waals surface area contributed by atoms with E-state index in [9.17, 15) is 9.59 Å². The van der Waals surface area contributed by atoms with Crippen LogP contribution in [0.5, 0.6) is 0 Å². The van der Waals surface area contributed by atoms with Crippen molar-refractivity contribution >= 4 is 11.9 Å². The van der Waals surface area contributed by atoms with E-state index < -0.39 is 18.0 Å². The number of carbonyl (C=O) groups is 2. The number of hydrogen-bond donors (Lipinski definition) is 3. The van der Waals surface area contributed by atoms with Gasteiger partial charge in [-0.05, 0) is 13.3 Å². The van der Waals surface area contributed by atoms with E-state index in [0.717, 1.165) is 0 Å². The van der Waals surface area contributed by atoms with Crippen LogP contribution in [0.25, 0.3) is 0 Å². The van der Waals surface area contributed by atoms with Gasteiger partial charge in [0.05, 0.1) is 6.42 Å². The average Bonchev–Trinajstić information content (AvgIpc) is 1.98. The van der Waals surface area contributed by atoms with Gasteiger partial charge in [0.2, 0.25) is 0 Å². The zero-order valence-electron chi connectivity index (χ0n) is 7.78. The van der Waals surface area contributed by atoms with Crippen molar-refractivity contribution in [3.05, 3.63) is 0 Å². The van der Waals surface area contributed by atoms with Crippen molar-refractivity contribution < 1.29 is 19.8 Å². The number of hydrogen-bond acceptors (Lipinski definition) is 3. The molecular weight excluding hydrogens is 174 g/mol. The smallest absolute Gasteiger partial charge is 0.320 e. The lowest BCUT2D eigenvalue weighted by molar-refractivity contribution is -0.141. The summed E-state index contributed by atoms with van der Waals surface area (Å²) in [6.45, 7) is 3.39. The molecule has 0 radical (unpaired) electrons. The molecule has 0 saturated heterocycles. The fourth-order valence-electron chi connectivity index (χ4n) is 1.03. The van der Waals surface area contributed by atoms with E-state index in [4.69, 9.17) is 10.2 Å². The Bertz CT molecular complexity index is 193. The summed E-state index contributed by atoms with van der Waals surface area (Å²) in [6, 6.07) is -0.979. The zero-order chi connectivity index (χ0) is 10.4. The van der Waals surface area contributed by atoms with Crippen molar-refractivity contribution in [2.75, 3.05) is 0 Å². The predicted molar refractivity (Wildman–Crippen MR) is 46.6 cm³/mol. The fraction of sp³-hybridized carbons (Fsp3) is 0.750. The Morgan fingerprint density at radius 3 is 2.23 bits per heavy atom. The van der Waals surface area contributed by atoms with E-state index >= 15 is 0 Å². The molecule has 0 amide bonds. The SMILES string of the molecule is CCC(NC(C)CC(=O)O)C(=O)O. The minimum Gasteiger partial charge on any atom is -0.481 e. The van der Waals surface area contributed by atoms with Crippen LogP contribution in [0.15, 0.2) is 0 Å². The van der Waals surface area contributed by atoms with Gasteiger partial charge in [-0.25, -0.2) is 0 Å². The third kappa shape index (κ3) is 5.19. The lowest BCUT2D eigenvalue weighted by Gasteiger charge is -2.17. The number of carboxylic acid groups (broad SMARTS) is 2. The number of nitrogens with one attached hydrogen (secondary N) is 1. The quantitative estimate of drug-likeness (QED) is 0.559. The van der Waals surface area contributed by atoms with E-state index in [1.165, 1.54) is 0 Å². The summed E-state index contributed by atoms with van der Waals surface area (Å²) in [7, 11) is 0. The largest absolute Gasteiger partial charge is 0.481 e. The molecule has 0 aromatic carbocycles. The van der Waals surface area contributed by atoms with Crippen LogP contribution in [0.1, 0.15) is 26.7 Å². The summed E-state index contributed by atoms with van der Waals surface area (Å²) < 4.78 is 0. The van der Waals surface area contributed by atoms with Gasteiger partial charge in [-0.1, -0.05) is 6.92 Å². The van der Waals surface area contributed by atoms with E-state index in [0.29, 0.717) is 6.42 Å². The van der Waals surface area contributed by atoms with Crippen molar-refractivity contribution in [2.45, 2.75) is 38.8 Å². The maximum atomic E-state index is 10.5. The second kappa shape index (κ2) is 5.53. The first-order chi connectivity index (χ1) is 5.97. The van der Waals surface area contributed by atoms with Crippen LogP contribution in [0.4, 0.5) is 0 Å². The lowest BCUT2D eigenvalue weighted by atomic mass is 10.1. The monoisotopic (exact) mass is 189 g/mol. The topological polar surface area (TPSA) is 86.6 Å². The van der Waals surface area contributed by atoms with E-state index in [1.807, 2.05) is 0 Å². The molecular formula is C8H15NO4. The highest BCUT2D eigenvalue weighted by Gasteiger charge is 2.18. The summed E-state index contributed by atoms with van der Waals surface area (Å²) >= 11 is 0. The first-order valence-corrected chi connectivity index (χ1v) is 4.18. The summed E-state index contributed by atoms with van der Waals surface area (Å²) in [6.07, 6.45) is 0.378. The van der Waals surface area contributed by atoms with Crippen molar-refractivity contribution in [1.29, 1.82) is 0 Å². The third-order valence-corrected chi connectivity index (χ3v) is 1.67. The predicted octanol–water partition coefficient (Wildman–Crippen LogP) is 0.302. The minimum atomic E-state index is -0.945. The molecule has 0 fully saturated rings. The summed E-state index contributed by atoms with van der Waals surface area (Å²) in [5, 5.41) is 19.8. The summed E-state index contributed by atoms with van der Waals surface area (Å²) in [4.78, 5) is 20.8. The Morgan fingerprint density at radius 1 is 1.38 bits per heavy atom. The molecule has 0 bridgehead atoms. The highest BCUT2D eigenvalue weighted by Crippen LogP contribution is 1.97. The number of carboxylic acids is 2. The van der Waals surface area contributed by atoms with Crippen molar-refractivity contribution in [3.63, 3.8) is 0 Å². The van der Waals surface area contributed by atoms with Crippen molar-refractivity contribution in [2.24, 2.45) is 0 Å². The molecule has 0 aliphatic heterocycles. The van der Waals surface area contributed by atoms with Gasteiger partial charge in [-0.3, -0.25) is 9.59 Å². The molecule has 5 heteroatoms. The fourth-order valence-corrected chi connectivity index (χ4v) is 1.03. The van der Waals surface area contributed by atoms with E-state index in [-0.39, 0.29) is 12.5 Å². The Hall–Kier alpha value is -1.10. The van der Waals surface area contributed by atoms with Gasteiger partial charge >= 0.3 is 11.9 Å². The molecule has 0 aliphatic carbocycles. The molecule has 0 spiro atoms. The van der Waals surface area contributed by atoms with Crippen LogP contribution in [0.3, 0.4) is 0 Å².